The maximum absolute atomic E-state index is 11.5. The fourth-order valence-electron chi connectivity index (χ4n) is 1.12. The van der Waals surface area contributed by atoms with Crippen LogP contribution in [0.3, 0.4) is 0 Å². The molecule has 0 saturated carbocycles. The molecule has 92 valence electrons. The second-order valence-corrected chi connectivity index (χ2v) is 3.67. The second kappa shape index (κ2) is 6.84. The number of carbonyl (C=O) groups is 2. The number of hydrogen-bond donors (Lipinski definition) is 3. The summed E-state index contributed by atoms with van der Waals surface area (Å²) in [4.78, 5) is 23.5. The van der Waals surface area contributed by atoms with Gasteiger partial charge in [-0.1, -0.05) is 12.2 Å². The van der Waals surface area contributed by atoms with Crippen LogP contribution in [0.2, 0.25) is 0 Å². The number of aliphatic carboxylic acids is 1. The van der Waals surface area contributed by atoms with Crippen LogP contribution in [0.15, 0.2) is 12.2 Å². The summed E-state index contributed by atoms with van der Waals surface area (Å²) in [6, 6.07) is -1.56. The van der Waals surface area contributed by atoms with Gasteiger partial charge in [0.2, 0.25) is 0 Å². The number of amides is 2. The Labute approximate surface area is 94.6 Å². The number of aliphatic hydroxyl groups excluding tert-OH is 1. The van der Waals surface area contributed by atoms with Gasteiger partial charge in [0.25, 0.3) is 0 Å². The molecule has 0 aliphatic heterocycles. The van der Waals surface area contributed by atoms with E-state index in [2.05, 4.69) is 11.9 Å². The molecule has 0 rings (SSSR count). The number of aliphatic hydroxyl groups is 1. The van der Waals surface area contributed by atoms with Crippen molar-refractivity contribution in [1.82, 2.24) is 10.2 Å². The number of urea groups is 1. The highest BCUT2D eigenvalue weighted by atomic mass is 16.4. The van der Waals surface area contributed by atoms with Crippen molar-refractivity contribution in [2.75, 3.05) is 20.2 Å². The van der Waals surface area contributed by atoms with Crippen LogP contribution in [0.5, 0.6) is 0 Å². The third-order valence-corrected chi connectivity index (χ3v) is 1.87. The predicted molar refractivity (Wildman–Crippen MR) is 59.1 cm³/mol. The zero-order valence-corrected chi connectivity index (χ0v) is 9.56. The highest BCUT2D eigenvalue weighted by Gasteiger charge is 2.20. The lowest BCUT2D eigenvalue weighted by Crippen LogP contribution is -2.47. The summed E-state index contributed by atoms with van der Waals surface area (Å²) in [5.74, 6) is -1.16. The number of hydrogen-bond acceptors (Lipinski definition) is 3. The van der Waals surface area contributed by atoms with Crippen molar-refractivity contribution < 1.29 is 19.8 Å². The Balaban J connectivity index is 4.28. The minimum Gasteiger partial charge on any atom is -0.480 e. The number of nitrogens with one attached hydrogen (secondary N) is 1. The first-order chi connectivity index (χ1) is 7.38. The Bertz CT molecular complexity index is 278. The van der Waals surface area contributed by atoms with Gasteiger partial charge in [0.05, 0.1) is 0 Å². The van der Waals surface area contributed by atoms with E-state index < -0.39 is 18.0 Å². The SMILES string of the molecule is C=C(C)CN(C)C(=O)N[C@@H](CCO)C(=O)O. The van der Waals surface area contributed by atoms with Gasteiger partial charge in [0.15, 0.2) is 0 Å². The van der Waals surface area contributed by atoms with Crippen molar-refractivity contribution in [2.45, 2.75) is 19.4 Å². The molecule has 0 aliphatic rings. The number of rotatable bonds is 6. The summed E-state index contributed by atoms with van der Waals surface area (Å²) < 4.78 is 0. The highest BCUT2D eigenvalue weighted by Crippen LogP contribution is 1.97. The lowest BCUT2D eigenvalue weighted by Gasteiger charge is -2.21. The molecular weight excluding hydrogens is 212 g/mol. The van der Waals surface area contributed by atoms with Crippen LogP contribution in [-0.4, -0.2) is 53.4 Å². The molecule has 0 aromatic heterocycles. The molecule has 1 atom stereocenters. The lowest BCUT2D eigenvalue weighted by atomic mass is 10.2. The fourth-order valence-corrected chi connectivity index (χ4v) is 1.12. The summed E-state index contributed by atoms with van der Waals surface area (Å²) in [6.07, 6.45) is -0.0119. The van der Waals surface area contributed by atoms with Crippen molar-refractivity contribution in [3.05, 3.63) is 12.2 Å². The Morgan fingerprint density at radius 3 is 2.44 bits per heavy atom. The summed E-state index contributed by atoms with van der Waals surface area (Å²) >= 11 is 0. The van der Waals surface area contributed by atoms with E-state index in [0.29, 0.717) is 6.54 Å². The lowest BCUT2D eigenvalue weighted by molar-refractivity contribution is -0.139. The molecule has 0 aromatic carbocycles. The maximum Gasteiger partial charge on any atom is 0.326 e. The smallest absolute Gasteiger partial charge is 0.326 e. The third kappa shape index (κ3) is 5.35. The maximum atomic E-state index is 11.5. The summed E-state index contributed by atoms with van der Waals surface area (Å²) in [5.41, 5.74) is 0.798. The number of carboxylic acids is 1. The van der Waals surface area contributed by atoms with Gasteiger partial charge >= 0.3 is 12.0 Å². The van der Waals surface area contributed by atoms with Gasteiger partial charge in [-0.05, 0) is 6.92 Å². The first-order valence-electron chi connectivity index (χ1n) is 4.88. The van der Waals surface area contributed by atoms with Gasteiger partial charge in [-0.15, -0.1) is 0 Å². The van der Waals surface area contributed by atoms with Crippen LogP contribution in [-0.2, 0) is 4.79 Å². The summed E-state index contributed by atoms with van der Waals surface area (Å²) in [5, 5.41) is 19.7. The van der Waals surface area contributed by atoms with Crippen LogP contribution < -0.4 is 5.32 Å². The van der Waals surface area contributed by atoms with E-state index in [-0.39, 0.29) is 13.0 Å². The van der Waals surface area contributed by atoms with Crippen molar-refractivity contribution in [3.8, 4) is 0 Å². The minimum atomic E-state index is -1.16. The molecule has 0 saturated heterocycles. The quantitative estimate of drug-likeness (QED) is 0.562. The fraction of sp³-hybridized carbons (Fsp3) is 0.600. The van der Waals surface area contributed by atoms with E-state index in [4.69, 9.17) is 10.2 Å². The average molecular weight is 230 g/mol. The van der Waals surface area contributed by atoms with E-state index in [1.54, 1.807) is 14.0 Å². The Hall–Kier alpha value is -1.56. The summed E-state index contributed by atoms with van der Waals surface area (Å²) in [6.45, 7) is 5.49. The highest BCUT2D eigenvalue weighted by molar-refractivity contribution is 5.82. The van der Waals surface area contributed by atoms with Gasteiger partial charge in [0.1, 0.15) is 6.04 Å². The normalized spacial score (nSPS) is 11.7. The molecular formula is C10H18N2O4. The molecule has 0 bridgehead atoms. The third-order valence-electron chi connectivity index (χ3n) is 1.87. The zero-order chi connectivity index (χ0) is 12.7. The van der Waals surface area contributed by atoms with Gasteiger partial charge in [-0.2, -0.15) is 0 Å². The molecule has 0 unspecified atom stereocenters. The van der Waals surface area contributed by atoms with Crippen LogP contribution in [0.25, 0.3) is 0 Å². The number of likely N-dealkylation sites (N-methyl/N-ethyl adjacent to an activating group) is 1. The molecule has 0 radical (unpaired) electrons. The van der Waals surface area contributed by atoms with E-state index in [1.165, 1.54) is 4.90 Å². The topological polar surface area (TPSA) is 89.9 Å². The van der Waals surface area contributed by atoms with Gasteiger partial charge in [-0.25, -0.2) is 9.59 Å². The van der Waals surface area contributed by atoms with Crippen molar-refractivity contribution in [1.29, 1.82) is 0 Å². The van der Waals surface area contributed by atoms with Gasteiger partial charge < -0.3 is 20.4 Å². The average Bonchev–Trinajstić information content (AvgIpc) is 2.15. The second-order valence-electron chi connectivity index (χ2n) is 3.67. The molecule has 0 heterocycles. The largest absolute Gasteiger partial charge is 0.480 e. The molecule has 6 nitrogen and oxygen atoms in total. The van der Waals surface area contributed by atoms with Crippen LogP contribution >= 0.6 is 0 Å². The molecule has 0 fully saturated rings. The molecule has 0 spiro atoms. The number of carboxylic acid groups (broad SMARTS) is 1. The van der Waals surface area contributed by atoms with Crippen LogP contribution in [0, 0.1) is 0 Å². The van der Waals surface area contributed by atoms with Crippen molar-refractivity contribution in [3.63, 3.8) is 0 Å². The zero-order valence-electron chi connectivity index (χ0n) is 9.56. The molecule has 16 heavy (non-hydrogen) atoms. The Morgan fingerprint density at radius 1 is 1.50 bits per heavy atom. The van der Waals surface area contributed by atoms with Crippen molar-refractivity contribution in [2.24, 2.45) is 0 Å². The van der Waals surface area contributed by atoms with Crippen LogP contribution in [0.1, 0.15) is 13.3 Å². The first-order valence-corrected chi connectivity index (χ1v) is 4.88. The van der Waals surface area contributed by atoms with Gasteiger partial charge in [-0.3, -0.25) is 0 Å². The number of nitrogens with zero attached hydrogens (tertiary/aromatic N) is 1. The van der Waals surface area contributed by atoms with Crippen molar-refractivity contribution >= 4 is 12.0 Å². The Kier molecular flexibility index (Phi) is 6.17. The monoisotopic (exact) mass is 230 g/mol. The van der Waals surface area contributed by atoms with E-state index in [1.807, 2.05) is 0 Å². The molecule has 2 amide bonds. The predicted octanol–water partition coefficient (Wildman–Crippen LogP) is 0.0395. The minimum absolute atomic E-state index is 0.0119. The van der Waals surface area contributed by atoms with Gasteiger partial charge in [0, 0.05) is 26.6 Å². The van der Waals surface area contributed by atoms with Crippen LogP contribution in [0.4, 0.5) is 4.79 Å². The van der Waals surface area contributed by atoms with E-state index >= 15 is 0 Å². The molecule has 6 heteroatoms. The molecule has 0 aliphatic carbocycles. The molecule has 0 aromatic rings. The molecule has 3 N–H and O–H groups in total. The first kappa shape index (κ1) is 14.4. The van der Waals surface area contributed by atoms with E-state index in [9.17, 15) is 9.59 Å². The Morgan fingerprint density at radius 2 is 2.06 bits per heavy atom. The number of carbonyl (C=O) groups excluding carboxylic acids is 1. The summed E-state index contributed by atoms with van der Waals surface area (Å²) in [7, 11) is 1.54. The standard InChI is InChI=1S/C10H18N2O4/c1-7(2)6-12(3)10(16)11-8(4-5-13)9(14)15/h8,13H,1,4-6H2,2-3H3,(H,11,16)(H,14,15)/t8-/m0/s1. The van der Waals surface area contributed by atoms with E-state index in [0.717, 1.165) is 5.57 Å².